The molecule has 1 aliphatic rings. The van der Waals surface area contributed by atoms with E-state index in [1.807, 2.05) is 0 Å². The molecule has 0 aromatic carbocycles. The average molecular weight is 294 g/mol. The van der Waals surface area contributed by atoms with E-state index in [4.69, 9.17) is 14.6 Å². The second-order valence-corrected chi connectivity index (χ2v) is 4.51. The van der Waals surface area contributed by atoms with E-state index in [0.717, 1.165) is 0 Å². The number of carboxylic acids is 1. The predicted molar refractivity (Wildman–Crippen MR) is 61.6 cm³/mol. The van der Waals surface area contributed by atoms with Gasteiger partial charge in [0.15, 0.2) is 6.10 Å². The Morgan fingerprint density at radius 3 is 1.85 bits per heavy atom. The van der Waals surface area contributed by atoms with Crippen LogP contribution in [0.3, 0.4) is 0 Å². The molecule has 5 N–H and O–H groups in total. The van der Waals surface area contributed by atoms with Crippen molar-refractivity contribution in [1.82, 2.24) is 0 Å². The third kappa shape index (κ3) is 3.64. The van der Waals surface area contributed by atoms with Crippen LogP contribution in [-0.4, -0.2) is 81.2 Å². The van der Waals surface area contributed by atoms with Crippen LogP contribution in [-0.2, 0) is 19.1 Å². The maximum Gasteiger partial charge on any atom is 0.306 e. The van der Waals surface area contributed by atoms with E-state index in [2.05, 4.69) is 0 Å². The lowest BCUT2D eigenvalue weighted by Gasteiger charge is -2.42. The van der Waals surface area contributed by atoms with Crippen LogP contribution in [0.25, 0.3) is 0 Å². The molecule has 0 aromatic heterocycles. The Morgan fingerprint density at radius 1 is 0.900 bits per heavy atom. The van der Waals surface area contributed by atoms with E-state index in [-0.39, 0.29) is 0 Å². The largest absolute Gasteiger partial charge is 0.481 e. The minimum absolute atomic E-state index is 0.427. The smallest absolute Gasteiger partial charge is 0.306 e. The second kappa shape index (κ2) is 6.95. The molecule has 116 valence electrons. The molecule has 9 nitrogen and oxygen atoms in total. The van der Waals surface area contributed by atoms with Gasteiger partial charge in [-0.1, -0.05) is 0 Å². The van der Waals surface area contributed by atoms with E-state index in [1.54, 1.807) is 0 Å². The Labute approximate surface area is 114 Å². The topological polar surface area (TPSA) is 154 Å². The van der Waals surface area contributed by atoms with E-state index < -0.39 is 61.4 Å². The Balaban J connectivity index is 2.73. The summed E-state index contributed by atoms with van der Waals surface area (Å²) < 4.78 is 9.70. The van der Waals surface area contributed by atoms with Gasteiger partial charge in [0, 0.05) is 7.11 Å². The minimum Gasteiger partial charge on any atom is -0.481 e. The first-order chi connectivity index (χ1) is 9.29. The molecule has 0 aliphatic heterocycles. The number of carbonyl (C=O) groups excluding carboxylic acids is 1. The van der Waals surface area contributed by atoms with Gasteiger partial charge >= 0.3 is 11.9 Å². The van der Waals surface area contributed by atoms with Crippen LogP contribution >= 0.6 is 0 Å². The lowest BCUT2D eigenvalue weighted by Crippen LogP contribution is -2.65. The fraction of sp³-hybridized carbons (Fsp3) is 0.818. The quantitative estimate of drug-likeness (QED) is 0.339. The van der Waals surface area contributed by atoms with Crippen LogP contribution in [0.5, 0.6) is 0 Å². The van der Waals surface area contributed by atoms with Gasteiger partial charge in [-0.2, -0.15) is 0 Å². The molecule has 0 amide bonds. The predicted octanol–water partition coefficient (Wildman–Crippen LogP) is -2.76. The first-order valence-electron chi connectivity index (χ1n) is 5.96. The number of aliphatic hydroxyl groups is 4. The Morgan fingerprint density at radius 2 is 1.40 bits per heavy atom. The third-order valence-corrected chi connectivity index (χ3v) is 3.13. The van der Waals surface area contributed by atoms with Gasteiger partial charge in [-0.25, -0.2) is 0 Å². The Hall–Kier alpha value is -1.26. The molecular formula is C11H18O9. The molecule has 9 heteroatoms. The minimum atomic E-state index is -1.71. The van der Waals surface area contributed by atoms with Crippen molar-refractivity contribution in [3.63, 3.8) is 0 Å². The number of methoxy groups -OCH3 is 1. The Bertz CT molecular complexity index is 358. The van der Waals surface area contributed by atoms with E-state index in [0.29, 0.717) is 0 Å². The van der Waals surface area contributed by atoms with Gasteiger partial charge in [-0.15, -0.1) is 0 Å². The summed E-state index contributed by atoms with van der Waals surface area (Å²) >= 11 is 0. The summed E-state index contributed by atoms with van der Waals surface area (Å²) in [7, 11) is 1.17. The highest BCUT2D eigenvalue weighted by atomic mass is 16.6. The average Bonchev–Trinajstić information content (AvgIpc) is 2.40. The van der Waals surface area contributed by atoms with E-state index in [9.17, 15) is 30.0 Å². The molecule has 1 aliphatic carbocycles. The van der Waals surface area contributed by atoms with Gasteiger partial charge in [-0.3, -0.25) is 9.59 Å². The molecule has 6 unspecified atom stereocenters. The molecule has 0 spiro atoms. The monoisotopic (exact) mass is 294 g/mol. The van der Waals surface area contributed by atoms with Crippen molar-refractivity contribution in [2.24, 2.45) is 0 Å². The van der Waals surface area contributed by atoms with Crippen LogP contribution in [0.4, 0.5) is 0 Å². The number of rotatable bonds is 5. The SMILES string of the molecule is COC1C(O)C(O)C(O)C(O)C1OC(=O)CCC(=O)O. The number of esters is 1. The van der Waals surface area contributed by atoms with Gasteiger partial charge in [0.2, 0.25) is 0 Å². The molecule has 20 heavy (non-hydrogen) atoms. The van der Waals surface area contributed by atoms with Crippen molar-refractivity contribution >= 4 is 11.9 Å². The van der Waals surface area contributed by atoms with Crippen LogP contribution in [0.2, 0.25) is 0 Å². The fourth-order valence-electron chi connectivity index (χ4n) is 2.01. The normalized spacial score (nSPS) is 37.5. The summed E-state index contributed by atoms with van der Waals surface area (Å²) in [5, 5.41) is 46.9. The third-order valence-electron chi connectivity index (χ3n) is 3.13. The van der Waals surface area contributed by atoms with Crippen molar-refractivity contribution < 1.29 is 44.6 Å². The molecule has 1 rings (SSSR count). The van der Waals surface area contributed by atoms with Crippen LogP contribution in [0, 0.1) is 0 Å². The number of aliphatic carboxylic acids is 1. The highest BCUT2D eigenvalue weighted by molar-refractivity contribution is 5.76. The van der Waals surface area contributed by atoms with E-state index >= 15 is 0 Å². The van der Waals surface area contributed by atoms with Gasteiger partial charge < -0.3 is 35.0 Å². The van der Waals surface area contributed by atoms with Crippen molar-refractivity contribution in [2.45, 2.75) is 49.5 Å². The van der Waals surface area contributed by atoms with Crippen LogP contribution < -0.4 is 0 Å². The maximum atomic E-state index is 11.4. The molecule has 1 saturated carbocycles. The summed E-state index contributed by atoms with van der Waals surface area (Å²) in [5.41, 5.74) is 0. The van der Waals surface area contributed by atoms with Crippen molar-refractivity contribution in [1.29, 1.82) is 0 Å². The molecule has 1 fully saturated rings. The number of hydrogen-bond donors (Lipinski definition) is 5. The first-order valence-corrected chi connectivity index (χ1v) is 5.96. The maximum absolute atomic E-state index is 11.4. The van der Waals surface area contributed by atoms with Gasteiger partial charge in [0.1, 0.15) is 30.5 Å². The molecule has 6 atom stereocenters. The molecule has 0 heterocycles. The summed E-state index contributed by atoms with van der Waals surface area (Å²) in [6.45, 7) is 0. The first kappa shape index (κ1) is 16.8. The van der Waals surface area contributed by atoms with Gasteiger partial charge in [0.25, 0.3) is 0 Å². The summed E-state index contributed by atoms with van der Waals surface area (Å²) in [4.78, 5) is 21.8. The van der Waals surface area contributed by atoms with Gasteiger partial charge in [0.05, 0.1) is 12.8 Å². The number of ether oxygens (including phenoxy) is 2. The number of carbonyl (C=O) groups is 2. The number of carboxylic acid groups (broad SMARTS) is 1. The molecular weight excluding hydrogens is 276 g/mol. The lowest BCUT2D eigenvalue weighted by atomic mass is 9.84. The zero-order valence-corrected chi connectivity index (χ0v) is 10.7. The van der Waals surface area contributed by atoms with Gasteiger partial charge in [-0.05, 0) is 0 Å². The summed E-state index contributed by atoms with van der Waals surface area (Å²) in [6.07, 6.45) is -10.1. The highest BCUT2D eigenvalue weighted by Crippen LogP contribution is 2.26. The number of hydrogen-bond acceptors (Lipinski definition) is 8. The van der Waals surface area contributed by atoms with Crippen LogP contribution in [0.15, 0.2) is 0 Å². The standard InChI is InChI=1S/C11H18O9/c1-19-10-8(17)6(15)7(16)9(18)11(10)20-5(14)3-2-4(12)13/h6-11,15-18H,2-3H2,1H3,(H,12,13). The zero-order chi connectivity index (χ0) is 15.4. The zero-order valence-electron chi connectivity index (χ0n) is 10.7. The Kier molecular flexibility index (Phi) is 5.84. The van der Waals surface area contributed by atoms with Crippen molar-refractivity contribution in [3.8, 4) is 0 Å². The molecule has 0 saturated heterocycles. The molecule has 0 radical (unpaired) electrons. The number of aliphatic hydroxyl groups excluding tert-OH is 4. The highest BCUT2D eigenvalue weighted by Gasteiger charge is 2.51. The summed E-state index contributed by atoms with van der Waals surface area (Å²) in [5.74, 6) is -2.11. The van der Waals surface area contributed by atoms with Crippen molar-refractivity contribution in [2.75, 3.05) is 7.11 Å². The fourth-order valence-corrected chi connectivity index (χ4v) is 2.01. The van der Waals surface area contributed by atoms with Crippen LogP contribution in [0.1, 0.15) is 12.8 Å². The molecule has 0 bridgehead atoms. The lowest BCUT2D eigenvalue weighted by molar-refractivity contribution is -0.239. The van der Waals surface area contributed by atoms with E-state index in [1.165, 1.54) is 7.11 Å². The van der Waals surface area contributed by atoms with Crippen molar-refractivity contribution in [3.05, 3.63) is 0 Å². The molecule has 0 aromatic rings. The second-order valence-electron chi connectivity index (χ2n) is 4.51. The summed E-state index contributed by atoms with van der Waals surface area (Å²) in [6, 6.07) is 0.